The van der Waals surface area contributed by atoms with Crippen LogP contribution in [-0.4, -0.2) is 20.5 Å². The van der Waals surface area contributed by atoms with Gasteiger partial charge in [0.15, 0.2) is 0 Å². The van der Waals surface area contributed by atoms with E-state index in [1.165, 1.54) is 0 Å². The zero-order chi connectivity index (χ0) is 7.78. The Balaban J connectivity index is 2.90. The minimum Gasteiger partial charge on any atom is -0.266 e. The third kappa shape index (κ3) is 1.00. The lowest BCUT2D eigenvalue weighted by atomic mass is 10.2. The van der Waals surface area contributed by atoms with Crippen molar-refractivity contribution in [3.05, 3.63) is 0 Å². The smallest absolute Gasteiger partial charge is 0.266 e. The molecule has 0 N–H and O–H groups in total. The fourth-order valence-electron chi connectivity index (χ4n) is 0.634. The van der Waals surface area contributed by atoms with Gasteiger partial charge in [-0.3, -0.25) is 4.18 Å². The number of terminal acetylenes is 1. The molecule has 0 aromatic heterocycles. The predicted molar refractivity (Wildman–Crippen MR) is 32.1 cm³/mol. The van der Waals surface area contributed by atoms with Gasteiger partial charge in [-0.05, 0) is 0 Å². The van der Waals surface area contributed by atoms with Gasteiger partial charge in [-0.15, -0.1) is 6.42 Å². The molecule has 2 atom stereocenters. The van der Waals surface area contributed by atoms with Crippen LogP contribution in [0.15, 0.2) is 0 Å². The summed E-state index contributed by atoms with van der Waals surface area (Å²) in [6.45, 7) is -0.236. The Kier molecular flexibility index (Phi) is 1.67. The first-order chi connectivity index (χ1) is 4.58. The molecular formula is C5H5FO3S. The Bertz CT molecular complexity index is 263. The first kappa shape index (κ1) is 7.51. The van der Waals surface area contributed by atoms with Gasteiger partial charge in [0.25, 0.3) is 0 Å². The molecule has 10 heavy (non-hydrogen) atoms. The molecule has 0 bridgehead atoms. The van der Waals surface area contributed by atoms with Gasteiger partial charge in [-0.25, -0.2) is 4.39 Å². The van der Waals surface area contributed by atoms with Crippen LogP contribution in [0.4, 0.5) is 4.39 Å². The Morgan fingerprint density at radius 1 is 1.70 bits per heavy atom. The van der Waals surface area contributed by atoms with E-state index in [0.717, 1.165) is 0 Å². The van der Waals surface area contributed by atoms with Crippen molar-refractivity contribution in [1.82, 2.24) is 0 Å². The van der Waals surface area contributed by atoms with Crippen molar-refractivity contribution in [2.24, 2.45) is 5.92 Å². The summed E-state index contributed by atoms with van der Waals surface area (Å²) in [6.07, 6.45) is 4.81. The van der Waals surface area contributed by atoms with Gasteiger partial charge >= 0.3 is 10.1 Å². The molecule has 1 saturated heterocycles. The highest BCUT2D eigenvalue weighted by atomic mass is 32.2. The zero-order valence-corrected chi connectivity index (χ0v) is 5.77. The standard InChI is InChI=1S/C5H5FO3S/c1-2-4-3-9-10(7,8)5(4)6/h1,4-5H,3H2. The van der Waals surface area contributed by atoms with E-state index in [-0.39, 0.29) is 6.61 Å². The van der Waals surface area contributed by atoms with Gasteiger partial charge < -0.3 is 0 Å². The van der Waals surface area contributed by atoms with Crippen LogP contribution in [0.5, 0.6) is 0 Å². The van der Waals surface area contributed by atoms with Crippen LogP contribution >= 0.6 is 0 Å². The molecule has 0 saturated carbocycles. The molecule has 5 heteroatoms. The molecule has 0 radical (unpaired) electrons. The number of alkyl halides is 1. The normalized spacial score (nSPS) is 37.2. The van der Waals surface area contributed by atoms with Crippen LogP contribution in [0.2, 0.25) is 0 Å². The van der Waals surface area contributed by atoms with Crippen LogP contribution in [0.1, 0.15) is 0 Å². The van der Waals surface area contributed by atoms with Crippen LogP contribution in [0.3, 0.4) is 0 Å². The maximum Gasteiger partial charge on any atom is 0.301 e. The van der Waals surface area contributed by atoms with E-state index < -0.39 is 21.5 Å². The average Bonchev–Trinajstić information content (AvgIpc) is 2.10. The summed E-state index contributed by atoms with van der Waals surface area (Å²) in [5.41, 5.74) is -2.04. The Morgan fingerprint density at radius 3 is 2.50 bits per heavy atom. The largest absolute Gasteiger partial charge is 0.301 e. The molecule has 0 amide bonds. The van der Waals surface area contributed by atoms with E-state index in [1.54, 1.807) is 0 Å². The quantitative estimate of drug-likeness (QED) is 0.370. The monoisotopic (exact) mass is 164 g/mol. The highest BCUT2D eigenvalue weighted by Gasteiger charge is 2.41. The molecule has 1 rings (SSSR count). The van der Waals surface area contributed by atoms with Gasteiger partial charge in [0.1, 0.15) is 0 Å². The first-order valence-corrected chi connectivity index (χ1v) is 4.03. The van der Waals surface area contributed by atoms with E-state index in [9.17, 15) is 12.8 Å². The molecule has 3 nitrogen and oxygen atoms in total. The molecule has 56 valence electrons. The Labute approximate surface area is 58.3 Å². The molecule has 1 heterocycles. The van der Waals surface area contributed by atoms with Crippen LogP contribution in [0.25, 0.3) is 0 Å². The molecule has 2 unspecified atom stereocenters. The Morgan fingerprint density at radius 2 is 2.30 bits per heavy atom. The summed E-state index contributed by atoms with van der Waals surface area (Å²) < 4.78 is 37.5. The molecule has 0 spiro atoms. The highest BCUT2D eigenvalue weighted by molar-refractivity contribution is 7.87. The Hall–Kier alpha value is -0.600. The SMILES string of the molecule is C#CC1COS(=O)(=O)C1F. The van der Waals surface area contributed by atoms with Crippen LogP contribution in [0, 0.1) is 18.3 Å². The summed E-state index contributed by atoms with van der Waals surface area (Å²) in [6, 6.07) is 0. The number of hydrogen-bond acceptors (Lipinski definition) is 3. The molecule has 1 fully saturated rings. The zero-order valence-electron chi connectivity index (χ0n) is 4.95. The van der Waals surface area contributed by atoms with Gasteiger partial charge in [-0.1, -0.05) is 5.92 Å². The van der Waals surface area contributed by atoms with Crippen molar-refractivity contribution in [2.45, 2.75) is 5.50 Å². The number of hydrogen-bond donors (Lipinski definition) is 0. The van der Waals surface area contributed by atoms with Gasteiger partial charge in [0.05, 0.1) is 12.5 Å². The van der Waals surface area contributed by atoms with Gasteiger partial charge in [0.2, 0.25) is 5.50 Å². The van der Waals surface area contributed by atoms with E-state index in [4.69, 9.17) is 6.42 Å². The van der Waals surface area contributed by atoms with E-state index >= 15 is 0 Å². The second-order valence-electron chi connectivity index (χ2n) is 1.90. The summed E-state index contributed by atoms with van der Waals surface area (Å²) >= 11 is 0. The third-order valence-corrected chi connectivity index (χ3v) is 2.56. The fraction of sp³-hybridized carbons (Fsp3) is 0.600. The van der Waals surface area contributed by atoms with E-state index in [2.05, 4.69) is 4.18 Å². The second-order valence-corrected chi connectivity index (χ2v) is 3.57. The van der Waals surface area contributed by atoms with Crippen molar-refractivity contribution < 1.29 is 17.0 Å². The lowest BCUT2D eigenvalue weighted by Crippen LogP contribution is -2.15. The highest BCUT2D eigenvalue weighted by Crippen LogP contribution is 2.23. The van der Waals surface area contributed by atoms with Crippen molar-refractivity contribution in [3.8, 4) is 12.3 Å². The summed E-state index contributed by atoms with van der Waals surface area (Å²) in [4.78, 5) is 0. The molecule has 1 aliphatic heterocycles. The lowest BCUT2D eigenvalue weighted by molar-refractivity contribution is 0.320. The van der Waals surface area contributed by atoms with Gasteiger partial charge in [-0.2, -0.15) is 8.42 Å². The van der Waals surface area contributed by atoms with E-state index in [1.807, 2.05) is 5.92 Å². The van der Waals surface area contributed by atoms with Crippen molar-refractivity contribution in [2.75, 3.05) is 6.61 Å². The number of rotatable bonds is 0. The summed E-state index contributed by atoms with van der Waals surface area (Å²) in [7, 11) is -4.00. The molecular weight excluding hydrogens is 159 g/mol. The second kappa shape index (κ2) is 2.22. The maximum absolute atomic E-state index is 12.5. The summed E-state index contributed by atoms with van der Waals surface area (Å²) in [5, 5.41) is 0. The lowest BCUT2D eigenvalue weighted by Gasteiger charge is -1.96. The van der Waals surface area contributed by atoms with Crippen LogP contribution in [-0.2, 0) is 14.3 Å². The topological polar surface area (TPSA) is 43.4 Å². The minimum absolute atomic E-state index is 0.236. The molecule has 0 aromatic rings. The maximum atomic E-state index is 12.5. The van der Waals surface area contributed by atoms with Gasteiger partial charge in [0, 0.05) is 0 Å². The first-order valence-electron chi connectivity index (χ1n) is 2.56. The minimum atomic E-state index is -4.00. The van der Waals surface area contributed by atoms with E-state index in [0.29, 0.717) is 0 Å². The third-order valence-electron chi connectivity index (χ3n) is 1.22. The fourth-order valence-corrected chi connectivity index (χ4v) is 1.66. The van der Waals surface area contributed by atoms with Crippen molar-refractivity contribution in [1.29, 1.82) is 0 Å². The van der Waals surface area contributed by atoms with Crippen molar-refractivity contribution in [3.63, 3.8) is 0 Å². The molecule has 1 aliphatic rings. The molecule has 0 aliphatic carbocycles. The van der Waals surface area contributed by atoms with Crippen LogP contribution < -0.4 is 0 Å². The average molecular weight is 164 g/mol. The summed E-state index contributed by atoms with van der Waals surface area (Å²) in [5.74, 6) is 1.05. The number of halogens is 1. The predicted octanol–water partition coefficient (Wildman–Crippen LogP) is -0.109. The molecule has 0 aromatic carbocycles. The van der Waals surface area contributed by atoms with Crippen molar-refractivity contribution >= 4 is 10.1 Å².